The van der Waals surface area contributed by atoms with Crippen LogP contribution in [0.5, 0.6) is 0 Å². The second-order valence-electron chi connectivity index (χ2n) is 5.89. The second kappa shape index (κ2) is 6.77. The van der Waals surface area contributed by atoms with Crippen LogP contribution in [0.1, 0.15) is 42.3 Å². The highest BCUT2D eigenvalue weighted by Gasteiger charge is 2.13. The Morgan fingerprint density at radius 3 is 2.57 bits per heavy atom. The Labute approximate surface area is 137 Å². The maximum Gasteiger partial charge on any atom is 0.147 e. The van der Waals surface area contributed by atoms with E-state index < -0.39 is 0 Å². The van der Waals surface area contributed by atoms with E-state index in [0.29, 0.717) is 5.92 Å². The summed E-state index contributed by atoms with van der Waals surface area (Å²) < 4.78 is 4.23. The van der Waals surface area contributed by atoms with Gasteiger partial charge in [0.25, 0.3) is 0 Å². The van der Waals surface area contributed by atoms with E-state index in [9.17, 15) is 0 Å². The second-order valence-corrected chi connectivity index (χ2v) is 5.89. The molecule has 120 valence electrons. The minimum absolute atomic E-state index is 0.293. The molecule has 1 aromatic carbocycles. The predicted molar refractivity (Wildman–Crippen MR) is 90.3 cm³/mol. The number of hydrogen-bond donors (Lipinski definition) is 0. The highest BCUT2D eigenvalue weighted by Crippen LogP contribution is 2.22. The summed E-state index contributed by atoms with van der Waals surface area (Å²) in [6.07, 6.45) is 4.96. The van der Waals surface area contributed by atoms with Crippen LogP contribution in [-0.2, 0) is 13.1 Å². The van der Waals surface area contributed by atoms with Gasteiger partial charge in [0.2, 0.25) is 0 Å². The minimum Gasteiger partial charge on any atom is -0.334 e. The number of hydrogen-bond acceptors (Lipinski definition) is 3. The first-order chi connectivity index (χ1) is 11.1. The molecular formula is C18H23N5. The van der Waals surface area contributed by atoms with E-state index in [2.05, 4.69) is 57.0 Å². The lowest BCUT2D eigenvalue weighted by Crippen LogP contribution is -2.11. The fourth-order valence-corrected chi connectivity index (χ4v) is 2.95. The first-order valence-corrected chi connectivity index (χ1v) is 8.09. The van der Waals surface area contributed by atoms with Gasteiger partial charge in [0, 0.05) is 31.4 Å². The number of aromatic nitrogens is 5. The third-order valence-electron chi connectivity index (χ3n) is 4.17. The SMILES string of the molecule is Cc1nc(C)n(CCCn2ccnc2C(C)c2ccccc2)n1. The fourth-order valence-electron chi connectivity index (χ4n) is 2.95. The maximum absolute atomic E-state index is 4.57. The number of imidazole rings is 1. The van der Waals surface area contributed by atoms with Crippen LogP contribution in [0, 0.1) is 13.8 Å². The van der Waals surface area contributed by atoms with Crippen molar-refractivity contribution in [3.05, 3.63) is 65.8 Å². The van der Waals surface area contributed by atoms with E-state index in [1.807, 2.05) is 30.8 Å². The highest BCUT2D eigenvalue weighted by molar-refractivity contribution is 5.24. The summed E-state index contributed by atoms with van der Waals surface area (Å²) in [6.45, 7) is 7.95. The van der Waals surface area contributed by atoms with Crippen LogP contribution >= 0.6 is 0 Å². The van der Waals surface area contributed by atoms with Crippen LogP contribution in [0.2, 0.25) is 0 Å². The van der Waals surface area contributed by atoms with Crippen molar-refractivity contribution in [2.75, 3.05) is 0 Å². The Hall–Kier alpha value is -2.43. The summed E-state index contributed by atoms with van der Waals surface area (Å²) in [5, 5.41) is 4.41. The molecule has 0 saturated carbocycles. The molecule has 3 aromatic rings. The highest BCUT2D eigenvalue weighted by atomic mass is 15.3. The molecule has 0 bridgehead atoms. The molecule has 23 heavy (non-hydrogen) atoms. The number of benzene rings is 1. The van der Waals surface area contributed by atoms with E-state index in [0.717, 1.165) is 37.0 Å². The summed E-state index contributed by atoms with van der Waals surface area (Å²) in [5.41, 5.74) is 1.29. The van der Waals surface area contributed by atoms with Crippen LogP contribution in [0.4, 0.5) is 0 Å². The lowest BCUT2D eigenvalue weighted by molar-refractivity contribution is 0.503. The minimum atomic E-state index is 0.293. The normalized spacial score (nSPS) is 12.5. The standard InChI is InChI=1S/C18H23N5/c1-14(17-8-5-4-6-9-17)18-19-10-13-22(18)11-7-12-23-16(3)20-15(2)21-23/h4-6,8-10,13-14H,7,11-12H2,1-3H3. The van der Waals surface area contributed by atoms with Gasteiger partial charge in [0.05, 0.1) is 0 Å². The van der Waals surface area contributed by atoms with Gasteiger partial charge in [-0.1, -0.05) is 37.3 Å². The van der Waals surface area contributed by atoms with Gasteiger partial charge in [-0.15, -0.1) is 0 Å². The fraction of sp³-hybridized carbons (Fsp3) is 0.389. The Bertz CT molecular complexity index is 757. The van der Waals surface area contributed by atoms with Gasteiger partial charge < -0.3 is 4.57 Å². The largest absolute Gasteiger partial charge is 0.334 e. The third-order valence-corrected chi connectivity index (χ3v) is 4.17. The van der Waals surface area contributed by atoms with Crippen molar-refractivity contribution >= 4 is 0 Å². The molecular weight excluding hydrogens is 286 g/mol. The summed E-state index contributed by atoms with van der Waals surface area (Å²) in [7, 11) is 0. The van der Waals surface area contributed by atoms with Crippen LogP contribution in [0.3, 0.4) is 0 Å². The van der Waals surface area contributed by atoms with Crippen molar-refractivity contribution in [2.24, 2.45) is 0 Å². The molecule has 0 aliphatic heterocycles. The van der Waals surface area contributed by atoms with Crippen molar-refractivity contribution in [3.63, 3.8) is 0 Å². The molecule has 5 nitrogen and oxygen atoms in total. The van der Waals surface area contributed by atoms with E-state index in [4.69, 9.17) is 0 Å². The summed E-state index contributed by atoms with van der Waals surface area (Å²) in [5.74, 6) is 3.22. The zero-order valence-corrected chi connectivity index (χ0v) is 14.0. The molecule has 0 spiro atoms. The molecule has 3 rings (SSSR count). The average molecular weight is 309 g/mol. The van der Waals surface area contributed by atoms with Crippen LogP contribution in [-0.4, -0.2) is 24.3 Å². The molecule has 0 aliphatic carbocycles. The number of aryl methyl sites for hydroxylation is 4. The number of rotatable bonds is 6. The van der Waals surface area contributed by atoms with Crippen LogP contribution in [0.25, 0.3) is 0 Å². The van der Waals surface area contributed by atoms with E-state index in [1.165, 1.54) is 5.56 Å². The van der Waals surface area contributed by atoms with Gasteiger partial charge in [-0.2, -0.15) is 5.10 Å². The zero-order chi connectivity index (χ0) is 16.2. The molecule has 0 N–H and O–H groups in total. The quantitative estimate of drug-likeness (QED) is 0.701. The molecule has 2 aromatic heterocycles. The Kier molecular flexibility index (Phi) is 4.55. The first kappa shape index (κ1) is 15.5. The number of nitrogens with zero attached hydrogens (tertiary/aromatic N) is 5. The molecule has 1 unspecified atom stereocenters. The average Bonchev–Trinajstić information content (AvgIpc) is 3.14. The van der Waals surface area contributed by atoms with Gasteiger partial charge in [-0.05, 0) is 25.8 Å². The van der Waals surface area contributed by atoms with E-state index >= 15 is 0 Å². The summed E-state index contributed by atoms with van der Waals surface area (Å²) in [6, 6.07) is 10.5. The van der Waals surface area contributed by atoms with Crippen molar-refractivity contribution in [3.8, 4) is 0 Å². The molecule has 1 atom stereocenters. The zero-order valence-electron chi connectivity index (χ0n) is 14.0. The van der Waals surface area contributed by atoms with Crippen molar-refractivity contribution in [1.29, 1.82) is 0 Å². The van der Waals surface area contributed by atoms with Gasteiger partial charge in [0.1, 0.15) is 17.5 Å². The summed E-state index contributed by atoms with van der Waals surface area (Å²) in [4.78, 5) is 8.91. The van der Waals surface area contributed by atoms with E-state index in [1.54, 1.807) is 0 Å². The van der Waals surface area contributed by atoms with Crippen LogP contribution in [0.15, 0.2) is 42.7 Å². The topological polar surface area (TPSA) is 48.5 Å². The monoisotopic (exact) mass is 309 g/mol. The molecule has 0 aliphatic rings. The van der Waals surface area contributed by atoms with Gasteiger partial charge >= 0.3 is 0 Å². The summed E-state index contributed by atoms with van der Waals surface area (Å²) >= 11 is 0. The maximum atomic E-state index is 4.57. The van der Waals surface area contributed by atoms with Gasteiger partial charge in [-0.3, -0.25) is 4.68 Å². The molecule has 2 heterocycles. The molecule has 0 fully saturated rings. The molecule has 5 heteroatoms. The Morgan fingerprint density at radius 1 is 1.09 bits per heavy atom. The van der Waals surface area contributed by atoms with E-state index in [-0.39, 0.29) is 0 Å². The Morgan fingerprint density at radius 2 is 1.87 bits per heavy atom. The lowest BCUT2D eigenvalue weighted by atomic mass is 10.0. The Balaban J connectivity index is 1.66. The first-order valence-electron chi connectivity index (χ1n) is 8.09. The smallest absolute Gasteiger partial charge is 0.147 e. The third kappa shape index (κ3) is 3.50. The predicted octanol–water partition coefficient (Wildman–Crippen LogP) is 3.33. The van der Waals surface area contributed by atoms with Gasteiger partial charge in [-0.25, -0.2) is 9.97 Å². The lowest BCUT2D eigenvalue weighted by Gasteiger charge is -2.14. The van der Waals surface area contributed by atoms with Gasteiger partial charge in [0.15, 0.2) is 0 Å². The van der Waals surface area contributed by atoms with Crippen molar-refractivity contribution < 1.29 is 0 Å². The molecule has 0 amide bonds. The molecule has 0 radical (unpaired) electrons. The van der Waals surface area contributed by atoms with Crippen molar-refractivity contribution in [2.45, 2.75) is 46.2 Å². The van der Waals surface area contributed by atoms with Crippen molar-refractivity contribution in [1.82, 2.24) is 24.3 Å². The molecule has 0 saturated heterocycles. The van der Waals surface area contributed by atoms with Crippen LogP contribution < -0.4 is 0 Å².